The van der Waals surface area contributed by atoms with Gasteiger partial charge in [0.1, 0.15) is 17.9 Å². The van der Waals surface area contributed by atoms with Gasteiger partial charge in [-0.25, -0.2) is 4.98 Å². The number of carbonyl (C=O) groups excluding carboxylic acids is 1. The largest absolute Gasteiger partial charge is 0.358 e. The van der Waals surface area contributed by atoms with Crippen LogP contribution in [0.2, 0.25) is 0 Å². The minimum Gasteiger partial charge on any atom is -0.358 e. The molecule has 0 aliphatic carbocycles. The normalized spacial score (nSPS) is 16.1. The third-order valence-electron chi connectivity index (χ3n) is 3.07. The summed E-state index contributed by atoms with van der Waals surface area (Å²) in [6.45, 7) is 3.47. The molecule has 1 aliphatic rings. The first-order chi connectivity index (χ1) is 8.72. The van der Waals surface area contributed by atoms with E-state index in [0.717, 1.165) is 25.9 Å². The van der Waals surface area contributed by atoms with Gasteiger partial charge in [-0.15, -0.1) is 0 Å². The minimum absolute atomic E-state index is 0.0713. The lowest BCUT2D eigenvalue weighted by molar-refractivity contribution is -0.130. The topological polar surface area (TPSA) is 69.0 Å². The van der Waals surface area contributed by atoms with Gasteiger partial charge in [-0.05, 0) is 31.9 Å². The third kappa shape index (κ3) is 2.59. The van der Waals surface area contributed by atoms with Crippen molar-refractivity contribution in [3.8, 4) is 6.07 Å². The van der Waals surface area contributed by atoms with Crippen LogP contribution in [-0.4, -0.2) is 34.9 Å². The van der Waals surface area contributed by atoms with Gasteiger partial charge in [0, 0.05) is 19.3 Å². The number of hydrogen-bond acceptors (Lipinski definition) is 4. The lowest BCUT2D eigenvalue weighted by Crippen LogP contribution is -2.39. The third-order valence-corrected chi connectivity index (χ3v) is 3.07. The second kappa shape index (κ2) is 5.50. The summed E-state index contributed by atoms with van der Waals surface area (Å²) >= 11 is 0. The number of anilines is 1. The molecule has 1 aromatic rings. The maximum atomic E-state index is 12.1. The Bertz CT molecular complexity index is 474. The second-order valence-corrected chi connectivity index (χ2v) is 4.41. The molecule has 1 amide bonds. The number of carbonyl (C=O) groups is 1. The zero-order valence-corrected chi connectivity index (χ0v) is 10.4. The van der Waals surface area contributed by atoms with Gasteiger partial charge in [0.25, 0.3) is 0 Å². The average molecular weight is 244 g/mol. The van der Waals surface area contributed by atoms with Crippen molar-refractivity contribution in [2.45, 2.75) is 25.8 Å². The van der Waals surface area contributed by atoms with Gasteiger partial charge < -0.3 is 10.2 Å². The molecule has 0 bridgehead atoms. The minimum atomic E-state index is -0.356. The molecule has 1 saturated heterocycles. The number of hydrogen-bond donors (Lipinski definition) is 1. The molecule has 1 aliphatic heterocycles. The maximum Gasteiger partial charge on any atom is 0.244 e. The second-order valence-electron chi connectivity index (χ2n) is 4.41. The van der Waals surface area contributed by atoms with Crippen molar-refractivity contribution in [3.63, 3.8) is 0 Å². The lowest BCUT2D eigenvalue weighted by atomic mass is 10.2. The van der Waals surface area contributed by atoms with Gasteiger partial charge in [-0.3, -0.25) is 4.79 Å². The molecule has 5 heteroatoms. The highest BCUT2D eigenvalue weighted by atomic mass is 16.2. The molecule has 1 unspecified atom stereocenters. The van der Waals surface area contributed by atoms with Crippen LogP contribution in [0.3, 0.4) is 0 Å². The molecule has 18 heavy (non-hydrogen) atoms. The Labute approximate surface area is 106 Å². The Hall–Kier alpha value is -2.09. The van der Waals surface area contributed by atoms with E-state index < -0.39 is 0 Å². The Balaban J connectivity index is 2.04. The highest BCUT2D eigenvalue weighted by Crippen LogP contribution is 2.14. The number of pyridine rings is 1. The molecule has 0 saturated carbocycles. The van der Waals surface area contributed by atoms with Crippen molar-refractivity contribution >= 4 is 11.7 Å². The van der Waals surface area contributed by atoms with E-state index in [1.165, 1.54) is 0 Å². The van der Waals surface area contributed by atoms with Crippen LogP contribution in [0.25, 0.3) is 0 Å². The monoisotopic (exact) mass is 244 g/mol. The summed E-state index contributed by atoms with van der Waals surface area (Å²) in [6.07, 6.45) is 3.76. The number of nitrogens with zero attached hydrogens (tertiary/aromatic N) is 3. The molecule has 1 atom stereocenters. The van der Waals surface area contributed by atoms with E-state index in [1.807, 2.05) is 4.90 Å². The number of rotatable bonds is 3. The average Bonchev–Trinajstić information content (AvgIpc) is 2.92. The van der Waals surface area contributed by atoms with Crippen LogP contribution < -0.4 is 5.32 Å². The molecule has 1 N–H and O–H groups in total. The Morgan fingerprint density at radius 3 is 2.94 bits per heavy atom. The molecule has 0 aromatic carbocycles. The van der Waals surface area contributed by atoms with Crippen LogP contribution >= 0.6 is 0 Å². The van der Waals surface area contributed by atoms with E-state index in [2.05, 4.69) is 16.4 Å². The SMILES string of the molecule is CC(Nc1ncccc1C#N)C(=O)N1CCCC1. The van der Waals surface area contributed by atoms with Crippen LogP contribution in [0.5, 0.6) is 0 Å². The predicted molar refractivity (Wildman–Crippen MR) is 67.9 cm³/mol. The van der Waals surface area contributed by atoms with E-state index in [4.69, 9.17) is 5.26 Å². The summed E-state index contributed by atoms with van der Waals surface area (Å²) in [6, 6.07) is 5.09. The first kappa shape index (κ1) is 12.4. The smallest absolute Gasteiger partial charge is 0.244 e. The highest BCUT2D eigenvalue weighted by molar-refractivity contribution is 5.84. The van der Waals surface area contributed by atoms with Gasteiger partial charge >= 0.3 is 0 Å². The van der Waals surface area contributed by atoms with Crippen molar-refractivity contribution in [1.82, 2.24) is 9.88 Å². The van der Waals surface area contributed by atoms with Gasteiger partial charge in [0.05, 0.1) is 5.56 Å². The number of aromatic nitrogens is 1. The predicted octanol–water partition coefficient (Wildman–Crippen LogP) is 1.38. The van der Waals surface area contributed by atoms with Crippen LogP contribution in [0, 0.1) is 11.3 Å². The number of likely N-dealkylation sites (tertiary alicyclic amines) is 1. The molecule has 2 rings (SSSR count). The lowest BCUT2D eigenvalue weighted by Gasteiger charge is -2.21. The summed E-state index contributed by atoms with van der Waals surface area (Å²) in [5.74, 6) is 0.544. The molecular formula is C13H16N4O. The van der Waals surface area contributed by atoms with Gasteiger partial charge in [0.2, 0.25) is 5.91 Å². The molecule has 0 spiro atoms. The van der Waals surface area contributed by atoms with Crippen LogP contribution in [0.4, 0.5) is 5.82 Å². The van der Waals surface area contributed by atoms with E-state index >= 15 is 0 Å². The molecular weight excluding hydrogens is 228 g/mol. The zero-order valence-electron chi connectivity index (χ0n) is 10.4. The fourth-order valence-corrected chi connectivity index (χ4v) is 2.09. The maximum absolute atomic E-state index is 12.1. The fraction of sp³-hybridized carbons (Fsp3) is 0.462. The summed E-state index contributed by atoms with van der Waals surface area (Å²) in [4.78, 5) is 18.1. The van der Waals surface area contributed by atoms with Crippen molar-refractivity contribution in [1.29, 1.82) is 5.26 Å². The van der Waals surface area contributed by atoms with E-state index in [-0.39, 0.29) is 11.9 Å². The van der Waals surface area contributed by atoms with Crippen LogP contribution in [0.15, 0.2) is 18.3 Å². The molecule has 5 nitrogen and oxygen atoms in total. The quantitative estimate of drug-likeness (QED) is 0.872. The van der Waals surface area contributed by atoms with Gasteiger partial charge in [0.15, 0.2) is 0 Å². The molecule has 1 aromatic heterocycles. The van der Waals surface area contributed by atoms with Gasteiger partial charge in [-0.2, -0.15) is 5.26 Å². The van der Waals surface area contributed by atoms with Gasteiger partial charge in [-0.1, -0.05) is 0 Å². The number of amides is 1. The molecule has 0 radical (unpaired) electrons. The molecule has 2 heterocycles. The summed E-state index contributed by atoms with van der Waals surface area (Å²) < 4.78 is 0. The standard InChI is InChI=1S/C13H16N4O/c1-10(13(18)17-7-2-3-8-17)16-12-11(9-14)5-4-6-15-12/h4-6,10H,2-3,7-8H2,1H3,(H,15,16). The molecule has 1 fully saturated rings. The zero-order chi connectivity index (χ0) is 13.0. The van der Waals surface area contributed by atoms with Crippen LogP contribution in [0.1, 0.15) is 25.3 Å². The number of nitrogens with one attached hydrogen (secondary N) is 1. The number of nitriles is 1. The highest BCUT2D eigenvalue weighted by Gasteiger charge is 2.23. The van der Waals surface area contributed by atoms with E-state index in [1.54, 1.807) is 25.3 Å². The van der Waals surface area contributed by atoms with Crippen molar-refractivity contribution in [2.75, 3.05) is 18.4 Å². The first-order valence-corrected chi connectivity index (χ1v) is 6.13. The Morgan fingerprint density at radius 2 is 2.28 bits per heavy atom. The fourth-order valence-electron chi connectivity index (χ4n) is 2.09. The van der Waals surface area contributed by atoms with Crippen molar-refractivity contribution < 1.29 is 4.79 Å². The summed E-state index contributed by atoms with van der Waals surface area (Å²) in [5.41, 5.74) is 0.457. The summed E-state index contributed by atoms with van der Waals surface area (Å²) in [5, 5.41) is 12.0. The first-order valence-electron chi connectivity index (χ1n) is 6.13. The van der Waals surface area contributed by atoms with E-state index in [0.29, 0.717) is 11.4 Å². The van der Waals surface area contributed by atoms with E-state index in [9.17, 15) is 4.79 Å². The van der Waals surface area contributed by atoms with Crippen molar-refractivity contribution in [3.05, 3.63) is 23.9 Å². The van der Waals surface area contributed by atoms with Crippen molar-refractivity contribution in [2.24, 2.45) is 0 Å². The van der Waals surface area contributed by atoms with Crippen LogP contribution in [-0.2, 0) is 4.79 Å². The Morgan fingerprint density at radius 1 is 1.56 bits per heavy atom. The Kier molecular flexibility index (Phi) is 3.78. The molecule has 94 valence electrons. The summed E-state index contributed by atoms with van der Waals surface area (Å²) in [7, 11) is 0.